The molecule has 0 aliphatic carbocycles. The molecule has 2 aromatic heterocycles. The molecule has 0 unspecified atom stereocenters. The van der Waals surface area contributed by atoms with Gasteiger partial charge in [-0.05, 0) is 31.5 Å². The third-order valence-corrected chi connectivity index (χ3v) is 3.28. The minimum atomic E-state index is -0.391. The van der Waals surface area contributed by atoms with E-state index < -0.39 is 5.91 Å². The number of rotatable bonds is 4. The number of hydrogen-bond donors (Lipinski definition) is 2. The second kappa shape index (κ2) is 5.99. The Hall–Kier alpha value is -3.03. The molecule has 118 valence electrons. The molecule has 2 N–H and O–H groups in total. The van der Waals surface area contributed by atoms with Crippen LogP contribution in [0.1, 0.15) is 33.2 Å². The van der Waals surface area contributed by atoms with Crippen LogP contribution < -0.4 is 5.32 Å². The number of aromatic nitrogens is 4. The van der Waals surface area contributed by atoms with Crippen LogP contribution in [0.15, 0.2) is 28.8 Å². The Morgan fingerprint density at radius 1 is 1.39 bits per heavy atom. The van der Waals surface area contributed by atoms with Crippen LogP contribution in [0.5, 0.6) is 0 Å². The maximum absolute atomic E-state index is 13.2. The van der Waals surface area contributed by atoms with Crippen molar-refractivity contribution in [2.45, 2.75) is 20.3 Å². The zero-order chi connectivity index (χ0) is 16.4. The lowest BCUT2D eigenvalue weighted by atomic mass is 10.1. The van der Waals surface area contributed by atoms with Crippen molar-refractivity contribution in [2.24, 2.45) is 0 Å². The first-order valence-electron chi connectivity index (χ1n) is 6.93. The van der Waals surface area contributed by atoms with Crippen molar-refractivity contribution >= 4 is 11.9 Å². The number of halogens is 1. The molecule has 0 aliphatic rings. The standard InChI is InChI=1S/C15H14FN5O2/c1-8-13(9(2)23-21-8)14(22)18-15-17-12(19-20-15)7-10-4-3-5-11(16)6-10/h3-6H,7H2,1-2H3,(H2,17,18,19,20,22). The first kappa shape index (κ1) is 14.9. The molecule has 0 fully saturated rings. The van der Waals surface area contributed by atoms with E-state index in [1.807, 2.05) is 0 Å². The van der Waals surface area contributed by atoms with Crippen LogP contribution in [0, 0.1) is 19.7 Å². The number of nitrogens with zero attached hydrogens (tertiary/aromatic N) is 3. The van der Waals surface area contributed by atoms with E-state index in [2.05, 4.69) is 25.7 Å². The van der Waals surface area contributed by atoms with Gasteiger partial charge in [0.15, 0.2) is 0 Å². The van der Waals surface area contributed by atoms with E-state index in [1.165, 1.54) is 12.1 Å². The fourth-order valence-corrected chi connectivity index (χ4v) is 2.24. The average molecular weight is 315 g/mol. The molecule has 0 saturated carbocycles. The molecule has 3 aromatic rings. The summed E-state index contributed by atoms with van der Waals surface area (Å²) in [5.41, 5.74) is 1.61. The van der Waals surface area contributed by atoms with E-state index in [-0.39, 0.29) is 11.8 Å². The number of carbonyl (C=O) groups is 1. The number of hydrogen-bond acceptors (Lipinski definition) is 5. The monoisotopic (exact) mass is 315 g/mol. The third-order valence-electron chi connectivity index (χ3n) is 3.28. The van der Waals surface area contributed by atoms with Crippen LogP contribution in [0.25, 0.3) is 0 Å². The minimum Gasteiger partial charge on any atom is -0.361 e. The number of anilines is 1. The van der Waals surface area contributed by atoms with Gasteiger partial charge in [-0.2, -0.15) is 4.98 Å². The summed E-state index contributed by atoms with van der Waals surface area (Å²) in [6.07, 6.45) is 0.381. The molecule has 0 aliphatic heterocycles. The highest BCUT2D eigenvalue weighted by molar-refractivity contribution is 6.04. The van der Waals surface area contributed by atoms with Gasteiger partial charge in [0, 0.05) is 6.42 Å². The van der Waals surface area contributed by atoms with Crippen molar-refractivity contribution in [2.75, 3.05) is 5.32 Å². The van der Waals surface area contributed by atoms with Crippen LogP contribution in [0.3, 0.4) is 0 Å². The van der Waals surface area contributed by atoms with Gasteiger partial charge < -0.3 is 4.52 Å². The van der Waals surface area contributed by atoms with Gasteiger partial charge in [0.05, 0.1) is 5.69 Å². The topological polar surface area (TPSA) is 96.7 Å². The normalized spacial score (nSPS) is 10.7. The fourth-order valence-electron chi connectivity index (χ4n) is 2.24. The molecule has 7 nitrogen and oxygen atoms in total. The van der Waals surface area contributed by atoms with Crippen LogP contribution in [0.4, 0.5) is 10.3 Å². The number of nitrogens with one attached hydrogen (secondary N) is 2. The Kier molecular flexibility index (Phi) is 3.88. The van der Waals surface area contributed by atoms with Crippen molar-refractivity contribution in [3.63, 3.8) is 0 Å². The van der Waals surface area contributed by atoms with E-state index in [0.29, 0.717) is 29.3 Å². The Labute approximate surface area is 130 Å². The molecule has 0 saturated heterocycles. The smallest absolute Gasteiger partial charge is 0.263 e. The summed E-state index contributed by atoms with van der Waals surface area (Å²) in [5, 5.41) is 13.0. The Morgan fingerprint density at radius 3 is 2.91 bits per heavy atom. The number of carbonyl (C=O) groups excluding carboxylic acids is 1. The third kappa shape index (κ3) is 3.25. The summed E-state index contributed by atoms with van der Waals surface area (Å²) in [7, 11) is 0. The number of amides is 1. The molecule has 0 atom stereocenters. The summed E-state index contributed by atoms with van der Waals surface area (Å²) in [4.78, 5) is 16.3. The lowest BCUT2D eigenvalue weighted by molar-refractivity contribution is 0.102. The number of benzene rings is 1. The molecule has 23 heavy (non-hydrogen) atoms. The summed E-state index contributed by atoms with van der Waals surface area (Å²) >= 11 is 0. The molecule has 1 amide bonds. The van der Waals surface area contributed by atoms with Crippen LogP contribution in [-0.4, -0.2) is 26.2 Å². The molecule has 2 heterocycles. The fraction of sp³-hybridized carbons (Fsp3) is 0.200. The maximum Gasteiger partial charge on any atom is 0.263 e. The van der Waals surface area contributed by atoms with Gasteiger partial charge in [-0.25, -0.2) is 4.39 Å². The van der Waals surface area contributed by atoms with Crippen molar-refractivity contribution in [1.29, 1.82) is 0 Å². The quantitative estimate of drug-likeness (QED) is 0.770. The van der Waals surface area contributed by atoms with Crippen LogP contribution in [-0.2, 0) is 6.42 Å². The predicted octanol–water partition coefficient (Wildman–Crippen LogP) is 2.39. The molecule has 8 heteroatoms. The molecule has 3 rings (SSSR count). The van der Waals surface area contributed by atoms with Gasteiger partial charge in [0.25, 0.3) is 5.91 Å². The van der Waals surface area contributed by atoms with Crippen LogP contribution >= 0.6 is 0 Å². The van der Waals surface area contributed by atoms with E-state index >= 15 is 0 Å². The van der Waals surface area contributed by atoms with E-state index in [4.69, 9.17) is 4.52 Å². The Balaban J connectivity index is 1.71. The largest absolute Gasteiger partial charge is 0.361 e. The van der Waals surface area contributed by atoms with Crippen molar-refractivity contribution in [3.05, 3.63) is 58.5 Å². The zero-order valence-electron chi connectivity index (χ0n) is 12.6. The highest BCUT2D eigenvalue weighted by atomic mass is 19.1. The lowest BCUT2D eigenvalue weighted by Gasteiger charge is -1.99. The molecular weight excluding hydrogens is 301 g/mol. The molecule has 0 spiro atoms. The molecular formula is C15H14FN5O2. The van der Waals surface area contributed by atoms with E-state index in [9.17, 15) is 9.18 Å². The lowest BCUT2D eigenvalue weighted by Crippen LogP contribution is -2.14. The van der Waals surface area contributed by atoms with Gasteiger partial charge in [0.1, 0.15) is 23.0 Å². The Bertz CT molecular complexity index is 836. The van der Waals surface area contributed by atoms with Gasteiger partial charge in [-0.15, -0.1) is 5.10 Å². The van der Waals surface area contributed by atoms with Gasteiger partial charge in [-0.1, -0.05) is 17.3 Å². The van der Waals surface area contributed by atoms with Gasteiger partial charge in [0.2, 0.25) is 5.95 Å². The predicted molar refractivity (Wildman–Crippen MR) is 79.5 cm³/mol. The van der Waals surface area contributed by atoms with Crippen molar-refractivity contribution in [3.8, 4) is 0 Å². The minimum absolute atomic E-state index is 0.140. The zero-order valence-corrected chi connectivity index (χ0v) is 12.6. The highest BCUT2D eigenvalue weighted by Crippen LogP contribution is 2.14. The second-order valence-corrected chi connectivity index (χ2v) is 5.07. The number of H-pyrrole nitrogens is 1. The van der Waals surface area contributed by atoms with E-state index in [0.717, 1.165) is 5.56 Å². The highest BCUT2D eigenvalue weighted by Gasteiger charge is 2.19. The SMILES string of the molecule is Cc1noc(C)c1C(=O)Nc1n[nH]c(Cc2cccc(F)c2)n1. The molecule has 1 aromatic carbocycles. The molecule has 0 radical (unpaired) electrons. The van der Waals surface area contributed by atoms with Gasteiger partial charge >= 0.3 is 0 Å². The molecule has 0 bridgehead atoms. The Morgan fingerprint density at radius 2 is 2.22 bits per heavy atom. The number of aryl methyl sites for hydroxylation is 2. The summed E-state index contributed by atoms with van der Waals surface area (Å²) < 4.78 is 18.1. The van der Waals surface area contributed by atoms with Crippen molar-refractivity contribution in [1.82, 2.24) is 20.3 Å². The van der Waals surface area contributed by atoms with Gasteiger partial charge in [-0.3, -0.25) is 15.2 Å². The maximum atomic E-state index is 13.2. The summed E-state index contributed by atoms with van der Waals surface area (Å²) in [6.45, 7) is 3.33. The first-order valence-corrected chi connectivity index (χ1v) is 6.93. The second-order valence-electron chi connectivity index (χ2n) is 5.07. The van der Waals surface area contributed by atoms with Crippen LogP contribution in [0.2, 0.25) is 0 Å². The van der Waals surface area contributed by atoms with E-state index in [1.54, 1.807) is 26.0 Å². The van der Waals surface area contributed by atoms with Crippen molar-refractivity contribution < 1.29 is 13.7 Å². The summed E-state index contributed by atoms with van der Waals surface area (Å²) in [6, 6.07) is 6.21. The average Bonchev–Trinajstić information content (AvgIpc) is 3.06. The number of aromatic amines is 1. The summed E-state index contributed by atoms with van der Waals surface area (Å²) in [5.74, 6) is 0.382. The first-order chi connectivity index (χ1) is 11.0.